The molecular formula is C26H36N6O5. The van der Waals surface area contributed by atoms with Gasteiger partial charge < -0.3 is 31.1 Å². The first-order valence-corrected chi connectivity index (χ1v) is 13.1. The van der Waals surface area contributed by atoms with Crippen molar-refractivity contribution in [3.8, 4) is 0 Å². The first-order valence-electron chi connectivity index (χ1n) is 13.1. The molecule has 11 heteroatoms. The molecule has 2 saturated heterocycles. The van der Waals surface area contributed by atoms with Crippen LogP contribution in [0.4, 0.5) is 15.3 Å². The van der Waals surface area contributed by atoms with E-state index in [1.807, 2.05) is 0 Å². The molecule has 37 heavy (non-hydrogen) atoms. The fourth-order valence-electron chi connectivity index (χ4n) is 5.11. The molecule has 6 amide bonds. The Balaban J connectivity index is 1.44. The maximum absolute atomic E-state index is 13.3. The Morgan fingerprint density at radius 1 is 0.892 bits per heavy atom. The first kappa shape index (κ1) is 26.4. The Bertz CT molecular complexity index is 1020. The number of urea groups is 2. The van der Waals surface area contributed by atoms with Crippen molar-refractivity contribution in [3.63, 3.8) is 0 Å². The Labute approximate surface area is 216 Å². The SMILES string of the molecule is CC(=O)c1ccc(NC(=O)N2CCN(C(=O)NC3CCCCC3)[C@@H](C(=O)N[C@@H]3CCCNC3=O)C2)cc1. The molecule has 4 rings (SSSR count). The summed E-state index contributed by atoms with van der Waals surface area (Å²) in [5.41, 5.74) is 1.06. The van der Waals surface area contributed by atoms with Crippen LogP contribution in [0, 0.1) is 0 Å². The molecule has 1 aliphatic carbocycles. The number of hydrogen-bond acceptors (Lipinski definition) is 5. The quantitative estimate of drug-likeness (QED) is 0.446. The highest BCUT2D eigenvalue weighted by Gasteiger charge is 2.39. The van der Waals surface area contributed by atoms with Crippen molar-refractivity contribution in [2.45, 2.75) is 70.0 Å². The molecular weight excluding hydrogens is 476 g/mol. The second-order valence-corrected chi connectivity index (χ2v) is 10.00. The van der Waals surface area contributed by atoms with E-state index in [0.29, 0.717) is 24.2 Å². The highest BCUT2D eigenvalue weighted by atomic mass is 16.2. The Kier molecular flexibility index (Phi) is 8.62. The molecule has 11 nitrogen and oxygen atoms in total. The van der Waals surface area contributed by atoms with Crippen molar-refractivity contribution in [3.05, 3.63) is 29.8 Å². The van der Waals surface area contributed by atoms with E-state index in [9.17, 15) is 24.0 Å². The summed E-state index contributed by atoms with van der Waals surface area (Å²) in [5.74, 6) is -0.762. The van der Waals surface area contributed by atoms with Crippen molar-refractivity contribution in [2.24, 2.45) is 0 Å². The summed E-state index contributed by atoms with van der Waals surface area (Å²) >= 11 is 0. The average molecular weight is 513 g/mol. The number of rotatable bonds is 5. The van der Waals surface area contributed by atoms with Crippen LogP contribution < -0.4 is 21.3 Å². The highest BCUT2D eigenvalue weighted by Crippen LogP contribution is 2.20. The minimum atomic E-state index is -0.932. The van der Waals surface area contributed by atoms with Gasteiger partial charge in [-0.25, -0.2) is 9.59 Å². The lowest BCUT2D eigenvalue weighted by Gasteiger charge is -2.41. The van der Waals surface area contributed by atoms with Gasteiger partial charge in [-0.05, 0) is 56.9 Å². The molecule has 2 atom stereocenters. The number of anilines is 1. The second kappa shape index (κ2) is 12.1. The van der Waals surface area contributed by atoms with Crippen LogP contribution in [0.1, 0.15) is 62.2 Å². The molecule has 0 spiro atoms. The van der Waals surface area contributed by atoms with Gasteiger partial charge in [-0.15, -0.1) is 0 Å². The van der Waals surface area contributed by atoms with Crippen molar-refractivity contribution < 1.29 is 24.0 Å². The lowest BCUT2D eigenvalue weighted by Crippen LogP contribution is -2.65. The fraction of sp³-hybridized carbons (Fsp3) is 0.577. The number of carbonyl (C=O) groups is 5. The molecule has 1 saturated carbocycles. The Morgan fingerprint density at radius 2 is 1.62 bits per heavy atom. The molecule has 3 aliphatic rings. The minimum absolute atomic E-state index is 0.00434. The number of Topliss-reactive ketones (excluding diaryl/α,β-unsaturated/α-hetero) is 1. The van der Waals surface area contributed by atoms with Gasteiger partial charge in [-0.1, -0.05) is 19.3 Å². The zero-order valence-corrected chi connectivity index (χ0v) is 21.3. The molecule has 3 fully saturated rings. The van der Waals surface area contributed by atoms with Crippen LogP contribution in [-0.2, 0) is 9.59 Å². The smallest absolute Gasteiger partial charge is 0.321 e. The van der Waals surface area contributed by atoms with Crippen molar-refractivity contribution >= 4 is 35.3 Å². The number of piperidine rings is 1. The number of ketones is 1. The average Bonchev–Trinajstić information content (AvgIpc) is 2.90. The molecule has 0 radical (unpaired) electrons. The molecule has 2 aliphatic heterocycles. The normalized spacial score (nSPS) is 22.6. The van der Waals surface area contributed by atoms with Crippen LogP contribution in [0.2, 0.25) is 0 Å². The van der Waals surface area contributed by atoms with E-state index in [0.717, 1.165) is 38.5 Å². The summed E-state index contributed by atoms with van der Waals surface area (Å²) in [5, 5.41) is 11.4. The predicted molar refractivity (Wildman–Crippen MR) is 137 cm³/mol. The van der Waals surface area contributed by atoms with Crippen LogP contribution in [-0.4, -0.2) is 83.8 Å². The fourth-order valence-corrected chi connectivity index (χ4v) is 5.11. The van der Waals surface area contributed by atoms with Gasteiger partial charge in [0.2, 0.25) is 11.8 Å². The number of benzene rings is 1. The maximum atomic E-state index is 13.3. The predicted octanol–water partition coefficient (Wildman–Crippen LogP) is 1.84. The number of hydrogen-bond donors (Lipinski definition) is 4. The lowest BCUT2D eigenvalue weighted by molar-refractivity contribution is -0.133. The topological polar surface area (TPSA) is 140 Å². The largest absolute Gasteiger partial charge is 0.354 e. The minimum Gasteiger partial charge on any atom is -0.354 e. The zero-order chi connectivity index (χ0) is 26.4. The molecule has 1 aromatic carbocycles. The summed E-state index contributed by atoms with van der Waals surface area (Å²) < 4.78 is 0. The third-order valence-corrected chi connectivity index (χ3v) is 7.31. The van der Waals surface area contributed by atoms with Crippen LogP contribution in [0.5, 0.6) is 0 Å². The number of carbonyl (C=O) groups excluding carboxylic acids is 5. The summed E-state index contributed by atoms with van der Waals surface area (Å²) in [6.45, 7) is 2.48. The van der Waals surface area contributed by atoms with Crippen LogP contribution in [0.15, 0.2) is 24.3 Å². The van der Waals surface area contributed by atoms with Crippen LogP contribution in [0.3, 0.4) is 0 Å². The summed E-state index contributed by atoms with van der Waals surface area (Å²) in [7, 11) is 0. The van der Waals surface area contributed by atoms with E-state index in [2.05, 4.69) is 21.3 Å². The molecule has 1 aromatic rings. The molecule has 2 heterocycles. The van der Waals surface area contributed by atoms with Gasteiger partial charge in [-0.3, -0.25) is 14.4 Å². The first-order chi connectivity index (χ1) is 17.8. The van der Waals surface area contributed by atoms with Gasteiger partial charge in [0.05, 0.1) is 6.54 Å². The summed E-state index contributed by atoms with van der Waals surface area (Å²) in [6.07, 6.45) is 6.39. The second-order valence-electron chi connectivity index (χ2n) is 10.00. The summed E-state index contributed by atoms with van der Waals surface area (Å²) in [6, 6.07) is 4.33. The molecule has 4 N–H and O–H groups in total. The standard InChI is InChI=1S/C26H36N6O5/c1-17(33)18-9-11-20(12-10-18)28-25(36)31-14-15-32(26(37)29-19-6-3-2-4-7-19)22(16-31)24(35)30-21-8-5-13-27-23(21)34/h9-12,19,21-22H,2-8,13-16H2,1H3,(H,27,34)(H,28,36)(H,29,37)(H,30,35)/t21-,22-/m1/s1. The van der Waals surface area contributed by atoms with Crippen LogP contribution in [0.25, 0.3) is 0 Å². The van der Waals surface area contributed by atoms with Gasteiger partial charge in [0.15, 0.2) is 5.78 Å². The van der Waals surface area contributed by atoms with Crippen molar-refractivity contribution in [1.82, 2.24) is 25.8 Å². The molecule has 0 aromatic heterocycles. The van der Waals surface area contributed by atoms with E-state index in [-0.39, 0.29) is 43.4 Å². The van der Waals surface area contributed by atoms with Crippen molar-refractivity contribution in [2.75, 3.05) is 31.5 Å². The van der Waals surface area contributed by atoms with E-state index in [4.69, 9.17) is 0 Å². The number of nitrogens with one attached hydrogen (secondary N) is 4. The summed E-state index contributed by atoms with van der Waals surface area (Å²) in [4.78, 5) is 66.3. The third-order valence-electron chi connectivity index (χ3n) is 7.31. The van der Waals surface area contributed by atoms with E-state index >= 15 is 0 Å². The Morgan fingerprint density at radius 3 is 2.30 bits per heavy atom. The molecule has 200 valence electrons. The van der Waals surface area contributed by atoms with Crippen molar-refractivity contribution in [1.29, 1.82) is 0 Å². The third kappa shape index (κ3) is 6.78. The van der Waals surface area contributed by atoms with Gasteiger partial charge in [0.1, 0.15) is 12.1 Å². The number of piperazine rings is 1. The van der Waals surface area contributed by atoms with Crippen LogP contribution >= 0.6 is 0 Å². The monoisotopic (exact) mass is 512 g/mol. The number of amides is 6. The van der Waals surface area contributed by atoms with Gasteiger partial charge >= 0.3 is 12.1 Å². The van der Waals surface area contributed by atoms with E-state index in [1.54, 1.807) is 24.3 Å². The lowest BCUT2D eigenvalue weighted by atomic mass is 9.95. The molecule has 0 unspecified atom stereocenters. The van der Waals surface area contributed by atoms with Gasteiger partial charge in [-0.2, -0.15) is 0 Å². The van der Waals surface area contributed by atoms with E-state index in [1.165, 1.54) is 16.7 Å². The Hall–Kier alpha value is -3.63. The maximum Gasteiger partial charge on any atom is 0.321 e. The number of nitrogens with zero attached hydrogens (tertiary/aromatic N) is 2. The van der Waals surface area contributed by atoms with Gasteiger partial charge in [0, 0.05) is 36.9 Å². The van der Waals surface area contributed by atoms with E-state index < -0.39 is 24.0 Å². The highest BCUT2D eigenvalue weighted by molar-refractivity contribution is 5.96. The molecule has 0 bridgehead atoms. The van der Waals surface area contributed by atoms with Gasteiger partial charge in [0.25, 0.3) is 0 Å². The zero-order valence-electron chi connectivity index (χ0n) is 21.3.